The second-order valence-electron chi connectivity index (χ2n) is 7.26. The second kappa shape index (κ2) is 10.3. The molecule has 3 aromatic rings. The number of aliphatic hydroxyl groups excluding tert-OH is 1. The van der Waals surface area contributed by atoms with Crippen LogP contribution in [0.2, 0.25) is 0 Å². The lowest BCUT2D eigenvalue weighted by atomic mass is 9.97. The first-order chi connectivity index (χ1) is 15.3. The Morgan fingerprint density at radius 1 is 0.875 bits per heavy atom. The van der Waals surface area contributed by atoms with Crippen molar-refractivity contribution in [1.29, 1.82) is 0 Å². The molecule has 1 amide bonds. The minimum atomic E-state index is -1.64. The SMILES string of the molecule is O=C(NC(Cc1ccc(-c2ccccc2)cc1)CC(O)C(=O)O)c1ccc(C(=O)O)nc1. The number of aliphatic hydroxyl groups is 1. The van der Waals surface area contributed by atoms with Crippen LogP contribution in [0, 0.1) is 0 Å². The summed E-state index contributed by atoms with van der Waals surface area (Å²) in [6.45, 7) is 0. The van der Waals surface area contributed by atoms with Crippen LogP contribution < -0.4 is 5.32 Å². The first-order valence-corrected chi connectivity index (χ1v) is 9.89. The summed E-state index contributed by atoms with van der Waals surface area (Å²) in [7, 11) is 0. The summed E-state index contributed by atoms with van der Waals surface area (Å²) in [4.78, 5) is 38.3. The van der Waals surface area contributed by atoms with E-state index in [9.17, 15) is 19.5 Å². The van der Waals surface area contributed by atoms with Gasteiger partial charge in [-0.2, -0.15) is 0 Å². The average Bonchev–Trinajstić information content (AvgIpc) is 2.80. The lowest BCUT2D eigenvalue weighted by molar-refractivity contribution is -0.147. The zero-order valence-electron chi connectivity index (χ0n) is 17.0. The number of carboxylic acid groups (broad SMARTS) is 2. The van der Waals surface area contributed by atoms with Gasteiger partial charge in [-0.25, -0.2) is 14.6 Å². The van der Waals surface area contributed by atoms with E-state index in [4.69, 9.17) is 10.2 Å². The number of aromatic nitrogens is 1. The summed E-state index contributed by atoms with van der Waals surface area (Å²) in [6, 6.07) is 19.3. The maximum Gasteiger partial charge on any atom is 0.354 e. The molecule has 0 spiro atoms. The largest absolute Gasteiger partial charge is 0.479 e. The number of hydrogen-bond acceptors (Lipinski definition) is 5. The molecule has 2 atom stereocenters. The van der Waals surface area contributed by atoms with Gasteiger partial charge in [-0.15, -0.1) is 0 Å². The van der Waals surface area contributed by atoms with Gasteiger partial charge in [0.2, 0.25) is 0 Å². The third-order valence-corrected chi connectivity index (χ3v) is 4.92. The summed E-state index contributed by atoms with van der Waals surface area (Å²) in [6.07, 6.45) is -0.400. The van der Waals surface area contributed by atoms with E-state index in [0.29, 0.717) is 6.42 Å². The van der Waals surface area contributed by atoms with Crippen LogP contribution in [0.25, 0.3) is 11.1 Å². The third kappa shape index (κ3) is 5.99. The number of nitrogens with one attached hydrogen (secondary N) is 1. The van der Waals surface area contributed by atoms with Crippen molar-refractivity contribution >= 4 is 17.8 Å². The number of carbonyl (C=O) groups excluding carboxylic acids is 1. The summed E-state index contributed by atoms with van der Waals surface area (Å²) >= 11 is 0. The Hall–Kier alpha value is -4.04. The Labute approximate surface area is 184 Å². The Morgan fingerprint density at radius 3 is 2.09 bits per heavy atom. The predicted molar refractivity (Wildman–Crippen MR) is 116 cm³/mol. The molecule has 0 saturated carbocycles. The Balaban J connectivity index is 1.74. The van der Waals surface area contributed by atoms with Crippen molar-refractivity contribution in [3.8, 4) is 11.1 Å². The number of pyridine rings is 1. The summed E-state index contributed by atoms with van der Waals surface area (Å²) in [5, 5.41) is 30.5. The number of amides is 1. The van der Waals surface area contributed by atoms with Gasteiger partial charge < -0.3 is 20.6 Å². The van der Waals surface area contributed by atoms with Crippen molar-refractivity contribution in [3.63, 3.8) is 0 Å². The molecule has 3 rings (SSSR count). The first-order valence-electron chi connectivity index (χ1n) is 9.89. The minimum Gasteiger partial charge on any atom is -0.479 e. The van der Waals surface area contributed by atoms with Gasteiger partial charge in [-0.1, -0.05) is 54.6 Å². The van der Waals surface area contributed by atoms with Gasteiger partial charge in [-0.3, -0.25) is 4.79 Å². The molecule has 0 radical (unpaired) electrons. The lowest BCUT2D eigenvalue weighted by Gasteiger charge is -2.20. The first kappa shape index (κ1) is 22.6. The van der Waals surface area contributed by atoms with Crippen molar-refractivity contribution in [2.75, 3.05) is 0 Å². The van der Waals surface area contributed by atoms with Gasteiger partial charge in [-0.05, 0) is 35.2 Å². The molecule has 1 aromatic heterocycles. The molecule has 8 nitrogen and oxygen atoms in total. The van der Waals surface area contributed by atoms with E-state index >= 15 is 0 Å². The molecular weight excluding hydrogens is 412 g/mol. The van der Waals surface area contributed by atoms with Crippen molar-refractivity contribution in [3.05, 3.63) is 89.7 Å². The molecule has 0 aliphatic heterocycles. The van der Waals surface area contributed by atoms with E-state index in [1.54, 1.807) is 0 Å². The van der Waals surface area contributed by atoms with E-state index in [0.717, 1.165) is 22.9 Å². The summed E-state index contributed by atoms with van der Waals surface area (Å²) in [5.74, 6) is -3.13. The third-order valence-electron chi connectivity index (χ3n) is 4.92. The molecule has 0 saturated heterocycles. The molecule has 4 N–H and O–H groups in total. The van der Waals surface area contributed by atoms with Crippen molar-refractivity contribution in [2.45, 2.75) is 25.0 Å². The molecule has 2 aromatic carbocycles. The van der Waals surface area contributed by atoms with Crippen molar-refractivity contribution in [2.24, 2.45) is 0 Å². The highest BCUT2D eigenvalue weighted by Crippen LogP contribution is 2.20. The summed E-state index contributed by atoms with van der Waals surface area (Å²) < 4.78 is 0. The molecule has 32 heavy (non-hydrogen) atoms. The fraction of sp³-hybridized carbons (Fsp3) is 0.167. The number of hydrogen-bond donors (Lipinski definition) is 4. The zero-order chi connectivity index (χ0) is 23.1. The lowest BCUT2D eigenvalue weighted by Crippen LogP contribution is -2.40. The molecule has 0 aliphatic carbocycles. The van der Waals surface area contributed by atoms with E-state index < -0.39 is 30.0 Å². The van der Waals surface area contributed by atoms with Crippen LogP contribution in [0.15, 0.2) is 72.9 Å². The monoisotopic (exact) mass is 434 g/mol. The average molecular weight is 434 g/mol. The highest BCUT2D eigenvalue weighted by atomic mass is 16.4. The molecule has 0 fully saturated rings. The normalized spacial score (nSPS) is 12.5. The van der Waals surface area contributed by atoms with Crippen molar-refractivity contribution in [1.82, 2.24) is 10.3 Å². The van der Waals surface area contributed by atoms with E-state index in [1.807, 2.05) is 54.6 Å². The number of carbonyl (C=O) groups is 3. The fourth-order valence-electron chi connectivity index (χ4n) is 3.24. The molecule has 164 valence electrons. The quantitative estimate of drug-likeness (QED) is 0.406. The number of benzene rings is 2. The number of rotatable bonds is 9. The van der Waals surface area contributed by atoms with Gasteiger partial charge in [0.15, 0.2) is 6.10 Å². The number of nitrogens with zero attached hydrogens (tertiary/aromatic N) is 1. The Kier molecular flexibility index (Phi) is 7.30. The van der Waals surface area contributed by atoms with Gasteiger partial charge in [0.1, 0.15) is 5.69 Å². The fourth-order valence-corrected chi connectivity index (χ4v) is 3.24. The summed E-state index contributed by atoms with van der Waals surface area (Å²) in [5.41, 5.74) is 2.86. The Bertz CT molecular complexity index is 1080. The smallest absolute Gasteiger partial charge is 0.354 e. The van der Waals surface area contributed by atoms with Gasteiger partial charge in [0, 0.05) is 18.7 Å². The predicted octanol–water partition coefficient (Wildman–Crippen LogP) is 2.62. The molecular formula is C24H22N2O6. The number of aliphatic carboxylic acids is 1. The topological polar surface area (TPSA) is 137 Å². The van der Waals surface area contributed by atoms with Crippen LogP contribution in [-0.2, 0) is 11.2 Å². The van der Waals surface area contributed by atoms with Gasteiger partial charge in [0.25, 0.3) is 5.91 Å². The standard InChI is InChI=1S/C24H22N2O6/c27-21(24(31)32)13-19(26-22(28)18-10-11-20(23(29)30)25-14-18)12-15-6-8-17(9-7-15)16-4-2-1-3-5-16/h1-11,14,19,21,27H,12-13H2,(H,26,28)(H,29,30)(H,31,32). The molecule has 1 heterocycles. The minimum absolute atomic E-state index is 0.129. The molecule has 0 bridgehead atoms. The van der Waals surface area contributed by atoms with E-state index in [2.05, 4.69) is 10.3 Å². The van der Waals surface area contributed by atoms with Crippen LogP contribution in [0.4, 0.5) is 0 Å². The van der Waals surface area contributed by atoms with Crippen molar-refractivity contribution < 1.29 is 29.7 Å². The molecule has 8 heteroatoms. The van der Waals surface area contributed by atoms with Crippen LogP contribution in [-0.4, -0.2) is 50.3 Å². The van der Waals surface area contributed by atoms with Crippen LogP contribution in [0.3, 0.4) is 0 Å². The Morgan fingerprint density at radius 2 is 1.53 bits per heavy atom. The number of aromatic carboxylic acids is 1. The van der Waals surface area contributed by atoms with Crippen LogP contribution in [0.5, 0.6) is 0 Å². The molecule has 2 unspecified atom stereocenters. The highest BCUT2D eigenvalue weighted by Gasteiger charge is 2.23. The highest BCUT2D eigenvalue weighted by molar-refractivity contribution is 5.95. The van der Waals surface area contributed by atoms with Crippen LogP contribution >= 0.6 is 0 Å². The maximum absolute atomic E-state index is 12.6. The second-order valence-corrected chi connectivity index (χ2v) is 7.26. The maximum atomic E-state index is 12.6. The number of carboxylic acids is 2. The van der Waals surface area contributed by atoms with E-state index in [-0.39, 0.29) is 17.7 Å². The van der Waals surface area contributed by atoms with E-state index in [1.165, 1.54) is 12.1 Å². The van der Waals surface area contributed by atoms with Gasteiger partial charge >= 0.3 is 11.9 Å². The van der Waals surface area contributed by atoms with Gasteiger partial charge in [0.05, 0.1) is 5.56 Å². The zero-order valence-corrected chi connectivity index (χ0v) is 17.0. The molecule has 0 aliphatic rings. The van der Waals surface area contributed by atoms with Crippen LogP contribution in [0.1, 0.15) is 32.8 Å².